The molecule has 1 aliphatic heterocycles. The number of hydrogen-bond acceptors (Lipinski definition) is 5. The van der Waals surface area contributed by atoms with Gasteiger partial charge in [-0.25, -0.2) is 9.67 Å². The van der Waals surface area contributed by atoms with Crippen molar-refractivity contribution in [3.63, 3.8) is 0 Å². The van der Waals surface area contributed by atoms with Crippen LogP contribution in [0.4, 0.5) is 24.5 Å². The molecular weight excluding hydrogens is 433 g/mol. The van der Waals surface area contributed by atoms with Crippen LogP contribution in [0.3, 0.4) is 0 Å². The van der Waals surface area contributed by atoms with E-state index in [2.05, 4.69) is 39.8 Å². The van der Waals surface area contributed by atoms with Crippen LogP contribution in [0.25, 0.3) is 5.69 Å². The first kappa shape index (κ1) is 22.8. The summed E-state index contributed by atoms with van der Waals surface area (Å²) in [6, 6.07) is 11.6. The van der Waals surface area contributed by atoms with Gasteiger partial charge in [-0.2, -0.15) is 18.3 Å². The average molecular weight is 458 g/mol. The lowest BCUT2D eigenvalue weighted by Gasteiger charge is -2.32. The molecule has 2 aromatic carbocycles. The Kier molecular flexibility index (Phi) is 6.64. The second-order valence-corrected chi connectivity index (χ2v) is 8.13. The zero-order valence-electron chi connectivity index (χ0n) is 18.1. The molecular formula is C23H25F3N6O. The Morgan fingerprint density at radius 3 is 2.55 bits per heavy atom. The average Bonchev–Trinajstić information content (AvgIpc) is 3.31. The Morgan fingerprint density at radius 2 is 1.88 bits per heavy atom. The van der Waals surface area contributed by atoms with E-state index in [9.17, 15) is 18.0 Å². The summed E-state index contributed by atoms with van der Waals surface area (Å²) in [5, 5.41) is 10.2. The number of halogens is 3. The highest BCUT2D eigenvalue weighted by Crippen LogP contribution is 2.33. The first-order valence-corrected chi connectivity index (χ1v) is 10.7. The predicted molar refractivity (Wildman–Crippen MR) is 119 cm³/mol. The molecule has 1 aromatic heterocycles. The Hall–Kier alpha value is -3.40. The lowest BCUT2D eigenvalue weighted by molar-refractivity contribution is -0.137. The van der Waals surface area contributed by atoms with Gasteiger partial charge in [-0.3, -0.25) is 9.69 Å². The molecule has 0 spiro atoms. The molecule has 0 unspecified atom stereocenters. The molecule has 0 bridgehead atoms. The fourth-order valence-electron chi connectivity index (χ4n) is 3.93. The summed E-state index contributed by atoms with van der Waals surface area (Å²) in [5.74, 6) is -0.374. The van der Waals surface area contributed by atoms with E-state index < -0.39 is 11.7 Å². The number of amides is 1. The second-order valence-electron chi connectivity index (χ2n) is 8.13. The van der Waals surface area contributed by atoms with Gasteiger partial charge in [-0.05, 0) is 49.6 Å². The summed E-state index contributed by atoms with van der Waals surface area (Å²) in [4.78, 5) is 18.5. The minimum absolute atomic E-state index is 0.0384. The summed E-state index contributed by atoms with van der Waals surface area (Å²) in [6.07, 6.45) is -0.139. The van der Waals surface area contributed by atoms with Crippen molar-refractivity contribution in [3.05, 3.63) is 66.2 Å². The maximum absolute atomic E-state index is 13.2. The standard InChI is InChI=1S/C23H25F3N6O/c1-16-4-2-3-5-19(16)29-18-8-10-31(11-9-18)13-22(33)30-20-12-17(23(24,25)26)6-7-21(20)32-15-27-14-28-32/h2-7,12,14-15,18,29H,8-11,13H2,1H3,(H,30,33). The zero-order valence-corrected chi connectivity index (χ0v) is 18.1. The SMILES string of the molecule is Cc1ccccc1NC1CCN(CC(=O)Nc2cc(C(F)(F)F)ccc2-n2cncn2)CC1. The monoisotopic (exact) mass is 458 g/mol. The maximum atomic E-state index is 13.2. The third kappa shape index (κ3) is 5.70. The van der Waals surface area contributed by atoms with Crippen molar-refractivity contribution in [2.45, 2.75) is 32.0 Å². The maximum Gasteiger partial charge on any atom is 0.416 e. The summed E-state index contributed by atoms with van der Waals surface area (Å²) >= 11 is 0. The van der Waals surface area contributed by atoms with Gasteiger partial charge in [0.05, 0.1) is 23.5 Å². The number of piperidine rings is 1. The Morgan fingerprint density at radius 1 is 1.12 bits per heavy atom. The number of nitrogens with zero attached hydrogens (tertiary/aromatic N) is 4. The highest BCUT2D eigenvalue weighted by Gasteiger charge is 2.31. The Labute approximate surface area is 189 Å². The Bertz CT molecular complexity index is 1090. The molecule has 1 aliphatic rings. The first-order chi connectivity index (χ1) is 15.8. The second kappa shape index (κ2) is 9.62. The van der Waals surface area contributed by atoms with Crippen LogP contribution in [0.5, 0.6) is 0 Å². The molecule has 7 nitrogen and oxygen atoms in total. The molecule has 2 heterocycles. The normalized spacial score (nSPS) is 15.4. The third-order valence-corrected chi connectivity index (χ3v) is 5.72. The molecule has 0 radical (unpaired) electrons. The third-order valence-electron chi connectivity index (χ3n) is 5.72. The highest BCUT2D eigenvalue weighted by atomic mass is 19.4. The van der Waals surface area contributed by atoms with Crippen LogP contribution in [0, 0.1) is 6.92 Å². The van der Waals surface area contributed by atoms with E-state index in [0.717, 1.165) is 43.8 Å². The summed E-state index contributed by atoms with van der Waals surface area (Å²) < 4.78 is 40.9. The molecule has 0 atom stereocenters. The van der Waals surface area contributed by atoms with Crippen molar-refractivity contribution in [2.75, 3.05) is 30.3 Å². The van der Waals surface area contributed by atoms with Crippen molar-refractivity contribution in [1.29, 1.82) is 0 Å². The summed E-state index contributed by atoms with van der Waals surface area (Å²) in [7, 11) is 0. The largest absolute Gasteiger partial charge is 0.416 e. The molecule has 10 heteroatoms. The van der Waals surface area contributed by atoms with Gasteiger partial charge in [0.1, 0.15) is 12.7 Å². The fraction of sp³-hybridized carbons (Fsp3) is 0.348. The number of para-hydroxylation sites is 1. The number of aromatic nitrogens is 3. The molecule has 3 aromatic rings. The number of nitrogens with one attached hydrogen (secondary N) is 2. The quantitative estimate of drug-likeness (QED) is 0.582. The Balaban J connectivity index is 1.37. The molecule has 1 fully saturated rings. The number of likely N-dealkylation sites (tertiary alicyclic amines) is 1. The molecule has 1 amide bonds. The molecule has 0 saturated carbocycles. The minimum Gasteiger partial charge on any atom is -0.382 e. The fourth-order valence-corrected chi connectivity index (χ4v) is 3.93. The van der Waals surface area contributed by atoms with E-state index in [4.69, 9.17) is 0 Å². The van der Waals surface area contributed by atoms with Crippen molar-refractivity contribution in [2.24, 2.45) is 0 Å². The molecule has 4 rings (SSSR count). The molecule has 1 saturated heterocycles. The van der Waals surface area contributed by atoms with Gasteiger partial charge in [-0.1, -0.05) is 18.2 Å². The van der Waals surface area contributed by atoms with Gasteiger partial charge in [0, 0.05) is 24.8 Å². The number of aryl methyl sites for hydroxylation is 1. The van der Waals surface area contributed by atoms with Gasteiger partial charge in [0.2, 0.25) is 5.91 Å². The van der Waals surface area contributed by atoms with E-state index in [1.807, 2.05) is 17.0 Å². The predicted octanol–water partition coefficient (Wildman–Crippen LogP) is 4.11. The summed E-state index contributed by atoms with van der Waals surface area (Å²) in [5.41, 5.74) is 1.80. The number of anilines is 2. The van der Waals surface area contributed by atoms with Crippen molar-refractivity contribution in [1.82, 2.24) is 19.7 Å². The number of benzene rings is 2. The molecule has 174 valence electrons. The van der Waals surface area contributed by atoms with E-state index in [1.54, 1.807) is 0 Å². The van der Waals surface area contributed by atoms with Crippen LogP contribution in [0.2, 0.25) is 0 Å². The zero-order chi connectivity index (χ0) is 23.4. The topological polar surface area (TPSA) is 75.1 Å². The number of hydrogen-bond donors (Lipinski definition) is 2. The van der Waals surface area contributed by atoms with Gasteiger partial charge < -0.3 is 10.6 Å². The van der Waals surface area contributed by atoms with E-state index in [-0.39, 0.29) is 18.1 Å². The first-order valence-electron chi connectivity index (χ1n) is 10.7. The number of rotatable bonds is 6. The van der Waals surface area contributed by atoms with Crippen LogP contribution in [-0.4, -0.2) is 51.2 Å². The summed E-state index contributed by atoms with van der Waals surface area (Å²) in [6.45, 7) is 3.60. The van der Waals surface area contributed by atoms with E-state index >= 15 is 0 Å². The lowest BCUT2D eigenvalue weighted by Crippen LogP contribution is -2.42. The van der Waals surface area contributed by atoms with Crippen molar-refractivity contribution >= 4 is 17.3 Å². The van der Waals surface area contributed by atoms with Gasteiger partial charge in [0.15, 0.2) is 0 Å². The number of alkyl halides is 3. The van der Waals surface area contributed by atoms with Crippen LogP contribution in [-0.2, 0) is 11.0 Å². The van der Waals surface area contributed by atoms with Crippen LogP contribution in [0.15, 0.2) is 55.1 Å². The van der Waals surface area contributed by atoms with Crippen molar-refractivity contribution < 1.29 is 18.0 Å². The number of carbonyl (C=O) groups is 1. The van der Waals surface area contributed by atoms with Gasteiger partial charge >= 0.3 is 6.18 Å². The van der Waals surface area contributed by atoms with Crippen LogP contribution in [0.1, 0.15) is 24.0 Å². The van der Waals surface area contributed by atoms with Gasteiger partial charge in [-0.15, -0.1) is 0 Å². The highest BCUT2D eigenvalue weighted by molar-refractivity contribution is 5.94. The van der Waals surface area contributed by atoms with Gasteiger partial charge in [0.25, 0.3) is 0 Å². The molecule has 2 N–H and O–H groups in total. The molecule has 0 aliphatic carbocycles. The lowest BCUT2D eigenvalue weighted by atomic mass is 10.0. The van der Waals surface area contributed by atoms with E-state index in [0.29, 0.717) is 11.7 Å². The van der Waals surface area contributed by atoms with Crippen LogP contribution < -0.4 is 10.6 Å². The molecule has 33 heavy (non-hydrogen) atoms. The minimum atomic E-state index is -4.52. The van der Waals surface area contributed by atoms with Crippen LogP contribution >= 0.6 is 0 Å². The smallest absolute Gasteiger partial charge is 0.382 e. The number of carbonyl (C=O) groups excluding carboxylic acids is 1. The van der Waals surface area contributed by atoms with Crippen molar-refractivity contribution in [3.8, 4) is 5.69 Å². The van der Waals surface area contributed by atoms with E-state index in [1.165, 1.54) is 29.0 Å².